The fourth-order valence-electron chi connectivity index (χ4n) is 7.50. The number of aliphatic hydroxyl groups excluding tert-OH is 2. The van der Waals surface area contributed by atoms with E-state index in [1.165, 1.54) is 154 Å². The Hall–Kier alpha value is -1.92. The summed E-state index contributed by atoms with van der Waals surface area (Å²) >= 11 is 0. The number of carbonyl (C=O) groups excluding carboxylic acids is 2. The number of aliphatic hydroxyl groups is 2. The number of ether oxygens (including phenoxy) is 1. The highest BCUT2D eigenvalue weighted by Gasteiger charge is 2.18. The standard InChI is InChI=1S/C52H97NO5/c1-3-5-7-9-11-13-15-26-30-34-38-42-46-52(57)58-47-43-39-35-31-27-24-22-20-18-16-17-19-21-23-25-29-33-37-41-45-51(56)53-49(48-54)50(55)44-40-36-32-28-14-12-10-8-6-4-2/h20,22,24,27,40,44,49-50,54-55H,3-19,21,23,25-26,28-39,41-43,45-48H2,1-2H3,(H,53,56)/b22-20-,27-24-,44-40+. The quantitative estimate of drug-likeness (QED) is 0.0246. The van der Waals surface area contributed by atoms with Crippen molar-refractivity contribution in [2.75, 3.05) is 13.2 Å². The molecular formula is C52H97NO5. The fraction of sp³-hybridized carbons (Fsp3) is 0.846. The third-order valence-corrected chi connectivity index (χ3v) is 11.4. The molecule has 340 valence electrons. The molecule has 0 bridgehead atoms. The van der Waals surface area contributed by atoms with Gasteiger partial charge in [-0.3, -0.25) is 9.59 Å². The highest BCUT2D eigenvalue weighted by molar-refractivity contribution is 5.76. The van der Waals surface area contributed by atoms with E-state index in [0.717, 1.165) is 77.0 Å². The highest BCUT2D eigenvalue weighted by Crippen LogP contribution is 2.15. The van der Waals surface area contributed by atoms with Crippen molar-refractivity contribution in [1.29, 1.82) is 0 Å². The Balaban J connectivity index is 3.50. The highest BCUT2D eigenvalue weighted by atomic mass is 16.5. The lowest BCUT2D eigenvalue weighted by molar-refractivity contribution is -0.143. The van der Waals surface area contributed by atoms with Gasteiger partial charge in [-0.1, -0.05) is 217 Å². The summed E-state index contributed by atoms with van der Waals surface area (Å²) in [6, 6.07) is -0.633. The van der Waals surface area contributed by atoms with Crippen molar-refractivity contribution in [3.05, 3.63) is 36.5 Å². The smallest absolute Gasteiger partial charge is 0.305 e. The third-order valence-electron chi connectivity index (χ3n) is 11.4. The molecule has 58 heavy (non-hydrogen) atoms. The maximum absolute atomic E-state index is 12.4. The normalized spacial score (nSPS) is 13.0. The Labute approximate surface area is 360 Å². The Morgan fingerprint density at radius 1 is 0.483 bits per heavy atom. The van der Waals surface area contributed by atoms with Gasteiger partial charge in [-0.05, 0) is 64.2 Å². The topological polar surface area (TPSA) is 95.9 Å². The Morgan fingerprint density at radius 3 is 1.28 bits per heavy atom. The summed E-state index contributed by atoms with van der Waals surface area (Å²) in [4.78, 5) is 24.3. The second-order valence-corrected chi connectivity index (χ2v) is 17.2. The van der Waals surface area contributed by atoms with Gasteiger partial charge in [0.25, 0.3) is 0 Å². The van der Waals surface area contributed by atoms with Crippen LogP contribution in [0, 0.1) is 0 Å². The zero-order valence-corrected chi connectivity index (χ0v) is 38.5. The SMILES string of the molecule is CCCCCCCCCC/C=C/C(O)C(CO)NC(=O)CCCCCCCCCCCC/C=C\C=C/CCCCCOC(=O)CCCCCCCCCCCCCC. The lowest BCUT2D eigenvalue weighted by atomic mass is 10.0. The van der Waals surface area contributed by atoms with Gasteiger partial charge in [0.1, 0.15) is 0 Å². The van der Waals surface area contributed by atoms with Gasteiger partial charge >= 0.3 is 5.97 Å². The first-order chi connectivity index (χ1) is 28.5. The molecule has 6 nitrogen and oxygen atoms in total. The van der Waals surface area contributed by atoms with Crippen molar-refractivity contribution < 1.29 is 24.5 Å². The number of esters is 1. The summed E-state index contributed by atoms with van der Waals surface area (Å²) in [5.74, 6) is -0.0950. The molecule has 2 unspecified atom stereocenters. The number of carbonyl (C=O) groups is 2. The lowest BCUT2D eigenvalue weighted by Crippen LogP contribution is -2.45. The van der Waals surface area contributed by atoms with Crippen LogP contribution in [0.15, 0.2) is 36.5 Å². The van der Waals surface area contributed by atoms with Gasteiger partial charge < -0.3 is 20.3 Å². The van der Waals surface area contributed by atoms with Gasteiger partial charge in [-0.25, -0.2) is 0 Å². The summed E-state index contributed by atoms with van der Waals surface area (Å²) in [6.45, 7) is 4.83. The van der Waals surface area contributed by atoms with Crippen molar-refractivity contribution in [3.8, 4) is 0 Å². The number of allylic oxidation sites excluding steroid dienone is 5. The first kappa shape index (κ1) is 56.1. The van der Waals surface area contributed by atoms with E-state index in [9.17, 15) is 19.8 Å². The van der Waals surface area contributed by atoms with Crippen LogP contribution in [0.5, 0.6) is 0 Å². The molecule has 0 aromatic carbocycles. The molecule has 0 aliphatic carbocycles. The molecule has 0 heterocycles. The average molecular weight is 816 g/mol. The number of hydrogen-bond acceptors (Lipinski definition) is 5. The Bertz CT molecular complexity index is 946. The minimum Gasteiger partial charge on any atom is -0.466 e. The van der Waals surface area contributed by atoms with Gasteiger partial charge in [0.05, 0.1) is 25.4 Å². The molecule has 0 aliphatic rings. The van der Waals surface area contributed by atoms with E-state index in [2.05, 4.69) is 43.5 Å². The number of unbranched alkanes of at least 4 members (excludes halogenated alkanes) is 32. The van der Waals surface area contributed by atoms with Crippen LogP contribution < -0.4 is 5.32 Å². The fourth-order valence-corrected chi connectivity index (χ4v) is 7.50. The minimum atomic E-state index is -0.849. The van der Waals surface area contributed by atoms with Crippen LogP contribution >= 0.6 is 0 Å². The monoisotopic (exact) mass is 816 g/mol. The number of nitrogens with one attached hydrogen (secondary N) is 1. The van der Waals surface area contributed by atoms with Crippen LogP contribution in [0.4, 0.5) is 0 Å². The maximum Gasteiger partial charge on any atom is 0.305 e. The van der Waals surface area contributed by atoms with Gasteiger partial charge in [-0.2, -0.15) is 0 Å². The van der Waals surface area contributed by atoms with E-state index >= 15 is 0 Å². The average Bonchev–Trinajstić information content (AvgIpc) is 3.22. The predicted molar refractivity (Wildman–Crippen MR) is 250 cm³/mol. The lowest BCUT2D eigenvalue weighted by Gasteiger charge is -2.20. The number of hydrogen-bond donors (Lipinski definition) is 3. The van der Waals surface area contributed by atoms with E-state index < -0.39 is 12.1 Å². The molecule has 0 aliphatic heterocycles. The van der Waals surface area contributed by atoms with Crippen LogP contribution in [-0.2, 0) is 14.3 Å². The van der Waals surface area contributed by atoms with E-state index in [1.54, 1.807) is 6.08 Å². The van der Waals surface area contributed by atoms with Crippen molar-refractivity contribution in [2.45, 2.75) is 270 Å². The van der Waals surface area contributed by atoms with E-state index in [1.807, 2.05) is 6.08 Å². The Kier molecular flexibility index (Phi) is 46.2. The summed E-state index contributed by atoms with van der Waals surface area (Å²) in [5.41, 5.74) is 0. The number of amides is 1. The van der Waals surface area contributed by atoms with Crippen LogP contribution in [0.3, 0.4) is 0 Å². The summed E-state index contributed by atoms with van der Waals surface area (Å²) in [7, 11) is 0. The van der Waals surface area contributed by atoms with Crippen LogP contribution in [0.1, 0.15) is 258 Å². The van der Waals surface area contributed by atoms with Crippen molar-refractivity contribution in [1.82, 2.24) is 5.32 Å². The molecule has 0 spiro atoms. The van der Waals surface area contributed by atoms with Crippen molar-refractivity contribution >= 4 is 11.9 Å². The van der Waals surface area contributed by atoms with Gasteiger partial charge in [0, 0.05) is 12.8 Å². The predicted octanol–water partition coefficient (Wildman–Crippen LogP) is 14.9. The summed E-state index contributed by atoms with van der Waals surface area (Å²) in [5, 5.41) is 22.9. The minimum absolute atomic E-state index is 0.0143. The van der Waals surface area contributed by atoms with E-state index in [0.29, 0.717) is 19.4 Å². The summed E-state index contributed by atoms with van der Waals surface area (Å²) in [6.07, 6.45) is 57.2. The third kappa shape index (κ3) is 43.7. The van der Waals surface area contributed by atoms with E-state index in [4.69, 9.17) is 4.74 Å². The zero-order valence-electron chi connectivity index (χ0n) is 38.5. The van der Waals surface area contributed by atoms with Gasteiger partial charge in [0.2, 0.25) is 5.91 Å². The van der Waals surface area contributed by atoms with Gasteiger partial charge in [0.15, 0.2) is 0 Å². The first-order valence-corrected chi connectivity index (χ1v) is 25.3. The molecule has 0 saturated carbocycles. The molecule has 2 atom stereocenters. The maximum atomic E-state index is 12.4. The first-order valence-electron chi connectivity index (χ1n) is 25.3. The molecule has 0 saturated heterocycles. The van der Waals surface area contributed by atoms with E-state index in [-0.39, 0.29) is 18.5 Å². The molecule has 0 aromatic heterocycles. The van der Waals surface area contributed by atoms with Gasteiger partial charge in [-0.15, -0.1) is 0 Å². The van der Waals surface area contributed by atoms with Crippen LogP contribution in [-0.4, -0.2) is 47.4 Å². The molecule has 6 heteroatoms. The van der Waals surface area contributed by atoms with Crippen LogP contribution in [0.25, 0.3) is 0 Å². The van der Waals surface area contributed by atoms with Crippen LogP contribution in [0.2, 0.25) is 0 Å². The molecule has 0 aromatic rings. The largest absolute Gasteiger partial charge is 0.466 e. The molecule has 0 rings (SSSR count). The Morgan fingerprint density at radius 2 is 0.845 bits per heavy atom. The molecule has 0 radical (unpaired) electrons. The second kappa shape index (κ2) is 47.8. The molecular weight excluding hydrogens is 719 g/mol. The zero-order chi connectivity index (χ0) is 42.3. The summed E-state index contributed by atoms with van der Waals surface area (Å²) < 4.78 is 5.43. The molecule has 0 fully saturated rings. The van der Waals surface area contributed by atoms with Crippen molar-refractivity contribution in [3.63, 3.8) is 0 Å². The molecule has 3 N–H and O–H groups in total. The van der Waals surface area contributed by atoms with Crippen molar-refractivity contribution in [2.24, 2.45) is 0 Å². The molecule has 1 amide bonds. The second-order valence-electron chi connectivity index (χ2n) is 17.2. The number of rotatable bonds is 46.